The van der Waals surface area contributed by atoms with E-state index in [1.807, 2.05) is 20.8 Å². The Hall–Kier alpha value is -0.250. The first-order valence-electron chi connectivity index (χ1n) is 3.74. The second kappa shape index (κ2) is 4.59. The van der Waals surface area contributed by atoms with E-state index in [0.717, 1.165) is 0 Å². The molecule has 0 aromatic rings. The fourth-order valence-electron chi connectivity index (χ4n) is 0.714. The third-order valence-electron chi connectivity index (χ3n) is 1.50. The Bertz CT molecular complexity index is 138. The smallest absolute Gasteiger partial charge is 0.221 e. The van der Waals surface area contributed by atoms with Crippen molar-refractivity contribution in [1.29, 1.82) is 0 Å². The summed E-state index contributed by atoms with van der Waals surface area (Å²) in [7, 11) is 0. The Morgan fingerprint density at radius 3 is 2.00 bits per heavy atom. The zero-order valence-electron chi connectivity index (χ0n) is 7.40. The van der Waals surface area contributed by atoms with Gasteiger partial charge in [0.05, 0.1) is 5.25 Å². The molecule has 0 unspecified atom stereocenters. The number of rotatable bonds is 4. The second-order valence-electron chi connectivity index (χ2n) is 2.92. The Labute approximate surface area is 71.7 Å². The molecular weight excluding hydrogens is 162 g/mol. The maximum Gasteiger partial charge on any atom is 0.221 e. The van der Waals surface area contributed by atoms with Crippen LogP contribution >= 0.6 is 11.8 Å². The van der Waals surface area contributed by atoms with Crippen LogP contribution in [0.15, 0.2) is 0 Å². The molecule has 0 bridgehead atoms. The van der Waals surface area contributed by atoms with Crippen molar-refractivity contribution < 1.29 is 4.92 Å². The largest absolute Gasteiger partial charge is 0.264 e. The summed E-state index contributed by atoms with van der Waals surface area (Å²) in [5.74, 6) is 0. The van der Waals surface area contributed by atoms with Crippen molar-refractivity contribution in [3.63, 3.8) is 0 Å². The van der Waals surface area contributed by atoms with E-state index in [4.69, 9.17) is 0 Å². The van der Waals surface area contributed by atoms with Crippen molar-refractivity contribution in [2.24, 2.45) is 0 Å². The van der Waals surface area contributed by atoms with Crippen LogP contribution in [0.25, 0.3) is 0 Å². The highest BCUT2D eigenvalue weighted by molar-refractivity contribution is 8.00. The van der Waals surface area contributed by atoms with Crippen molar-refractivity contribution >= 4 is 11.8 Å². The monoisotopic (exact) mass is 177 g/mol. The molecule has 0 saturated heterocycles. The lowest BCUT2D eigenvalue weighted by atomic mass is 10.3. The molecule has 0 fully saturated rings. The third kappa shape index (κ3) is 4.24. The summed E-state index contributed by atoms with van der Waals surface area (Å²) in [6.07, 6.45) is 0. The fraction of sp³-hybridized carbons (Fsp3) is 1.00. The van der Waals surface area contributed by atoms with E-state index < -0.39 is 6.04 Å². The van der Waals surface area contributed by atoms with Crippen molar-refractivity contribution in [1.82, 2.24) is 0 Å². The van der Waals surface area contributed by atoms with Crippen molar-refractivity contribution in [2.45, 2.75) is 44.2 Å². The Morgan fingerprint density at radius 2 is 1.73 bits per heavy atom. The van der Waals surface area contributed by atoms with Gasteiger partial charge in [0, 0.05) is 11.8 Å². The van der Waals surface area contributed by atoms with Crippen LogP contribution < -0.4 is 0 Å². The van der Waals surface area contributed by atoms with Gasteiger partial charge in [-0.3, -0.25) is 10.1 Å². The summed E-state index contributed by atoms with van der Waals surface area (Å²) in [6, 6.07) is -0.442. The summed E-state index contributed by atoms with van der Waals surface area (Å²) < 4.78 is 0. The van der Waals surface area contributed by atoms with Gasteiger partial charge in [-0.05, 0) is 12.2 Å². The van der Waals surface area contributed by atoms with Crippen LogP contribution in [0, 0.1) is 10.1 Å². The maximum atomic E-state index is 10.3. The molecule has 0 aliphatic carbocycles. The Kier molecular flexibility index (Phi) is 4.49. The summed E-state index contributed by atoms with van der Waals surface area (Å²) in [5.41, 5.74) is 0. The standard InChI is InChI=1S/C7H15NO2S/c1-5(2)11-7(4)6(3)8(9)10/h5-7H,1-4H3/t6-,7+/m0/s1. The Balaban J connectivity index is 3.82. The van der Waals surface area contributed by atoms with Gasteiger partial charge in [0.1, 0.15) is 0 Å². The lowest BCUT2D eigenvalue weighted by molar-refractivity contribution is -0.516. The number of thioether (sulfide) groups is 1. The predicted octanol–water partition coefficient (Wildman–Crippen LogP) is 2.18. The molecule has 0 heterocycles. The van der Waals surface area contributed by atoms with Crippen LogP contribution in [0.5, 0.6) is 0 Å². The van der Waals surface area contributed by atoms with Gasteiger partial charge in [0.15, 0.2) is 0 Å². The van der Waals surface area contributed by atoms with Gasteiger partial charge in [-0.2, -0.15) is 0 Å². The van der Waals surface area contributed by atoms with E-state index in [9.17, 15) is 10.1 Å². The van der Waals surface area contributed by atoms with E-state index in [-0.39, 0.29) is 10.2 Å². The highest BCUT2D eigenvalue weighted by Crippen LogP contribution is 2.20. The van der Waals surface area contributed by atoms with Crippen LogP contribution in [0.3, 0.4) is 0 Å². The number of nitrogens with zero attached hydrogens (tertiary/aromatic N) is 1. The highest BCUT2D eigenvalue weighted by Gasteiger charge is 2.22. The van der Waals surface area contributed by atoms with E-state index in [1.54, 1.807) is 18.7 Å². The van der Waals surface area contributed by atoms with Crippen LogP contribution in [0.1, 0.15) is 27.7 Å². The molecular formula is C7H15NO2S. The lowest BCUT2D eigenvalue weighted by Gasteiger charge is -2.14. The third-order valence-corrected chi connectivity index (χ3v) is 2.87. The van der Waals surface area contributed by atoms with Crippen molar-refractivity contribution in [2.75, 3.05) is 0 Å². The first-order valence-corrected chi connectivity index (χ1v) is 4.68. The second-order valence-corrected chi connectivity index (χ2v) is 4.87. The minimum Gasteiger partial charge on any atom is -0.264 e. The molecule has 66 valence electrons. The molecule has 0 aliphatic heterocycles. The average molecular weight is 177 g/mol. The van der Waals surface area contributed by atoms with Crippen LogP contribution in [-0.4, -0.2) is 21.5 Å². The molecule has 0 N–H and O–H groups in total. The van der Waals surface area contributed by atoms with Crippen molar-refractivity contribution in [3.05, 3.63) is 10.1 Å². The summed E-state index contributed by atoms with van der Waals surface area (Å²) in [6.45, 7) is 7.65. The normalized spacial score (nSPS) is 16.5. The first kappa shape index (κ1) is 10.8. The number of hydrogen-bond donors (Lipinski definition) is 0. The SMILES string of the molecule is CC(C)S[C@H](C)[C@H](C)[N+](=O)[O-]. The molecule has 4 heteroatoms. The maximum absolute atomic E-state index is 10.3. The predicted molar refractivity (Wildman–Crippen MR) is 48.6 cm³/mol. The van der Waals surface area contributed by atoms with Gasteiger partial charge in [-0.15, -0.1) is 11.8 Å². The topological polar surface area (TPSA) is 43.1 Å². The summed E-state index contributed by atoms with van der Waals surface area (Å²) >= 11 is 1.65. The molecule has 0 radical (unpaired) electrons. The molecule has 0 aromatic heterocycles. The van der Waals surface area contributed by atoms with Gasteiger partial charge in [0.25, 0.3) is 0 Å². The lowest BCUT2D eigenvalue weighted by Crippen LogP contribution is -2.26. The molecule has 0 rings (SSSR count). The van der Waals surface area contributed by atoms with Gasteiger partial charge in [-0.25, -0.2) is 0 Å². The Morgan fingerprint density at radius 1 is 1.27 bits per heavy atom. The minimum atomic E-state index is -0.442. The minimum absolute atomic E-state index is 0.102. The average Bonchev–Trinajstić information content (AvgIpc) is 1.84. The summed E-state index contributed by atoms with van der Waals surface area (Å²) in [4.78, 5) is 10.1. The van der Waals surface area contributed by atoms with E-state index in [0.29, 0.717) is 5.25 Å². The van der Waals surface area contributed by atoms with Crippen molar-refractivity contribution in [3.8, 4) is 0 Å². The van der Waals surface area contributed by atoms with E-state index in [2.05, 4.69) is 0 Å². The number of hydrogen-bond acceptors (Lipinski definition) is 3. The zero-order valence-corrected chi connectivity index (χ0v) is 8.22. The van der Waals surface area contributed by atoms with Gasteiger partial charge in [-0.1, -0.05) is 13.8 Å². The number of nitro groups is 1. The molecule has 0 saturated carbocycles. The molecule has 11 heavy (non-hydrogen) atoms. The van der Waals surface area contributed by atoms with Crippen LogP contribution in [0.2, 0.25) is 0 Å². The molecule has 0 spiro atoms. The van der Waals surface area contributed by atoms with Crippen LogP contribution in [-0.2, 0) is 0 Å². The van der Waals surface area contributed by atoms with Gasteiger partial charge < -0.3 is 0 Å². The molecule has 0 amide bonds. The fourth-order valence-corrected chi connectivity index (χ4v) is 1.90. The first-order chi connectivity index (χ1) is 4.95. The zero-order chi connectivity index (χ0) is 9.02. The molecule has 3 nitrogen and oxygen atoms in total. The van der Waals surface area contributed by atoms with E-state index in [1.165, 1.54) is 0 Å². The summed E-state index contributed by atoms with van der Waals surface area (Å²) in [5, 5.41) is 10.9. The highest BCUT2D eigenvalue weighted by atomic mass is 32.2. The van der Waals surface area contributed by atoms with E-state index >= 15 is 0 Å². The van der Waals surface area contributed by atoms with Gasteiger partial charge in [0.2, 0.25) is 6.04 Å². The van der Waals surface area contributed by atoms with Crippen LogP contribution in [0.4, 0.5) is 0 Å². The molecule has 0 aromatic carbocycles. The quantitative estimate of drug-likeness (QED) is 0.488. The molecule has 0 aliphatic rings. The molecule has 2 atom stereocenters. The van der Waals surface area contributed by atoms with Gasteiger partial charge >= 0.3 is 0 Å².